The summed E-state index contributed by atoms with van der Waals surface area (Å²) in [4.78, 5) is 22.4. The van der Waals surface area contributed by atoms with Gasteiger partial charge in [0.1, 0.15) is 12.4 Å². The highest BCUT2D eigenvalue weighted by atomic mass is 35.5. The summed E-state index contributed by atoms with van der Waals surface area (Å²) in [7, 11) is 1.38. The van der Waals surface area contributed by atoms with Crippen molar-refractivity contribution in [1.82, 2.24) is 0 Å². The monoisotopic (exact) mass is 285 g/mol. The van der Waals surface area contributed by atoms with Gasteiger partial charge >= 0.3 is 12.1 Å². The average molecular weight is 286 g/mol. The molecule has 0 unspecified atom stereocenters. The van der Waals surface area contributed by atoms with Crippen molar-refractivity contribution < 1.29 is 24.2 Å². The third-order valence-electron chi connectivity index (χ3n) is 2.09. The summed E-state index contributed by atoms with van der Waals surface area (Å²) in [5, 5.41) is 11.5. The molecule has 0 saturated carbocycles. The van der Waals surface area contributed by atoms with Crippen molar-refractivity contribution in [3.8, 4) is 5.75 Å². The zero-order valence-electron chi connectivity index (χ0n) is 10.1. The Morgan fingerprint density at radius 3 is 2.74 bits per heavy atom. The minimum Gasteiger partial charge on any atom is -0.495 e. The molecule has 0 aliphatic carbocycles. The molecule has 1 aromatic carbocycles. The van der Waals surface area contributed by atoms with Gasteiger partial charge in [-0.15, -0.1) is 0 Å². The number of anilines is 1. The number of amides is 1. The maximum absolute atomic E-state index is 11.4. The summed E-state index contributed by atoms with van der Waals surface area (Å²) < 4.78 is 9.65. The number of benzene rings is 1. The summed E-state index contributed by atoms with van der Waals surface area (Å²) in [5.74, 6) is -0.991. The first-order valence-electron chi connectivity index (χ1n) is 5.15. The molecule has 1 amide bonds. The number of aromatic carboxylic acids is 1. The molecule has 0 spiro atoms. The van der Waals surface area contributed by atoms with Crippen LogP contribution in [0.3, 0.4) is 0 Å². The van der Waals surface area contributed by atoms with E-state index in [0.29, 0.717) is 0 Å². The lowest BCUT2D eigenvalue weighted by molar-refractivity contribution is 0.0698. The molecule has 0 bridgehead atoms. The van der Waals surface area contributed by atoms with Crippen LogP contribution in [0.4, 0.5) is 10.5 Å². The number of nitrogens with one attached hydrogen (secondary N) is 1. The van der Waals surface area contributed by atoms with Gasteiger partial charge in [-0.05, 0) is 6.07 Å². The summed E-state index contributed by atoms with van der Waals surface area (Å²) in [6.07, 6.45) is 0.590. The Balaban J connectivity index is 3.06. The minimum absolute atomic E-state index is 0.0129. The number of carbonyl (C=O) groups is 2. The second-order valence-corrected chi connectivity index (χ2v) is 3.76. The molecule has 102 valence electrons. The van der Waals surface area contributed by atoms with E-state index in [2.05, 4.69) is 11.9 Å². The molecule has 6 nitrogen and oxygen atoms in total. The van der Waals surface area contributed by atoms with Gasteiger partial charge in [-0.2, -0.15) is 0 Å². The smallest absolute Gasteiger partial charge is 0.411 e. The second kappa shape index (κ2) is 6.65. The number of halogens is 1. The zero-order valence-corrected chi connectivity index (χ0v) is 10.9. The molecule has 1 rings (SSSR count). The number of methoxy groups -OCH3 is 1. The third kappa shape index (κ3) is 3.89. The zero-order chi connectivity index (χ0) is 14.4. The van der Waals surface area contributed by atoms with Crippen LogP contribution in [-0.4, -0.2) is 30.9 Å². The molecular weight excluding hydrogens is 274 g/mol. The molecule has 1 aromatic rings. The van der Waals surface area contributed by atoms with E-state index < -0.39 is 12.1 Å². The first-order valence-corrected chi connectivity index (χ1v) is 5.53. The van der Waals surface area contributed by atoms with E-state index >= 15 is 0 Å². The molecule has 0 heterocycles. The molecular formula is C12H12ClNO5. The van der Waals surface area contributed by atoms with Crippen LogP contribution < -0.4 is 10.1 Å². The van der Waals surface area contributed by atoms with Gasteiger partial charge in [0.15, 0.2) is 0 Å². The third-order valence-corrected chi connectivity index (χ3v) is 2.39. The van der Waals surface area contributed by atoms with Crippen LogP contribution in [0.25, 0.3) is 0 Å². The maximum Gasteiger partial charge on any atom is 0.411 e. The predicted molar refractivity (Wildman–Crippen MR) is 70.1 cm³/mol. The van der Waals surface area contributed by atoms with Crippen LogP contribution in [-0.2, 0) is 4.74 Å². The van der Waals surface area contributed by atoms with Gasteiger partial charge in [-0.25, -0.2) is 9.59 Å². The van der Waals surface area contributed by atoms with Crippen molar-refractivity contribution in [3.63, 3.8) is 0 Å². The van der Waals surface area contributed by atoms with Gasteiger partial charge in [-0.3, -0.25) is 5.32 Å². The quantitative estimate of drug-likeness (QED) is 0.813. The molecule has 0 aliphatic heterocycles. The molecule has 0 radical (unpaired) electrons. The number of ether oxygens (including phenoxy) is 2. The van der Waals surface area contributed by atoms with E-state index in [1.54, 1.807) is 0 Å². The fourth-order valence-electron chi connectivity index (χ4n) is 1.27. The number of hydrogen-bond donors (Lipinski definition) is 2. The van der Waals surface area contributed by atoms with E-state index in [1.165, 1.54) is 25.3 Å². The van der Waals surface area contributed by atoms with E-state index in [4.69, 9.17) is 26.2 Å². The summed E-state index contributed by atoms with van der Waals surface area (Å²) in [5.41, 5.74) is -0.135. The molecule has 0 atom stereocenters. The fourth-order valence-corrected chi connectivity index (χ4v) is 1.51. The van der Waals surface area contributed by atoms with E-state index in [0.717, 1.165) is 0 Å². The van der Waals surface area contributed by atoms with Crippen molar-refractivity contribution >= 4 is 29.4 Å². The van der Waals surface area contributed by atoms with Crippen molar-refractivity contribution in [2.24, 2.45) is 0 Å². The summed E-state index contributed by atoms with van der Waals surface area (Å²) in [6.45, 7) is 3.40. The first kappa shape index (κ1) is 14.8. The van der Waals surface area contributed by atoms with Gasteiger partial charge in [0.05, 0.1) is 23.4 Å². The maximum atomic E-state index is 11.4. The topological polar surface area (TPSA) is 84.9 Å². The van der Waals surface area contributed by atoms with E-state index in [1.807, 2.05) is 0 Å². The fraction of sp³-hybridized carbons (Fsp3) is 0.167. The van der Waals surface area contributed by atoms with Crippen LogP contribution in [0.15, 0.2) is 24.8 Å². The lowest BCUT2D eigenvalue weighted by atomic mass is 10.1. The predicted octanol–water partition coefficient (Wildman–Crippen LogP) is 2.78. The van der Waals surface area contributed by atoms with Crippen molar-refractivity contribution in [2.45, 2.75) is 0 Å². The van der Waals surface area contributed by atoms with Crippen LogP contribution in [0.5, 0.6) is 5.75 Å². The van der Waals surface area contributed by atoms with Gasteiger partial charge in [0.25, 0.3) is 0 Å². The number of rotatable bonds is 5. The van der Waals surface area contributed by atoms with Crippen molar-refractivity contribution in [3.05, 3.63) is 35.4 Å². The highest BCUT2D eigenvalue weighted by molar-refractivity contribution is 6.32. The Hall–Kier alpha value is -2.21. The first-order chi connectivity index (χ1) is 8.99. The van der Waals surface area contributed by atoms with E-state index in [9.17, 15) is 9.59 Å². The minimum atomic E-state index is -1.23. The molecule has 0 aromatic heterocycles. The second-order valence-electron chi connectivity index (χ2n) is 3.35. The van der Waals surface area contributed by atoms with Gasteiger partial charge in [0.2, 0.25) is 0 Å². The Morgan fingerprint density at radius 2 is 2.21 bits per heavy atom. The normalized spacial score (nSPS) is 9.58. The molecule has 7 heteroatoms. The lowest BCUT2D eigenvalue weighted by Crippen LogP contribution is -2.16. The van der Waals surface area contributed by atoms with E-state index in [-0.39, 0.29) is 28.6 Å². The van der Waals surface area contributed by atoms with Gasteiger partial charge in [-0.1, -0.05) is 24.3 Å². The number of carboxylic acids is 1. The number of hydrogen-bond acceptors (Lipinski definition) is 4. The van der Waals surface area contributed by atoms with Crippen molar-refractivity contribution in [1.29, 1.82) is 0 Å². The van der Waals surface area contributed by atoms with Crippen LogP contribution >= 0.6 is 11.6 Å². The van der Waals surface area contributed by atoms with Gasteiger partial charge in [0, 0.05) is 6.07 Å². The van der Waals surface area contributed by atoms with Crippen LogP contribution in [0, 0.1) is 0 Å². The molecule has 19 heavy (non-hydrogen) atoms. The number of carboxylic acid groups (broad SMARTS) is 1. The summed E-state index contributed by atoms with van der Waals surface area (Å²) >= 11 is 5.82. The van der Waals surface area contributed by atoms with Crippen LogP contribution in [0.2, 0.25) is 5.02 Å². The lowest BCUT2D eigenvalue weighted by Gasteiger charge is -2.11. The Kier molecular flexibility index (Phi) is 5.20. The SMILES string of the molecule is C=CCOC(=O)Nc1cc(OC)c(Cl)cc1C(=O)O. The molecule has 0 fully saturated rings. The Labute approximate surface area is 114 Å². The number of carbonyl (C=O) groups excluding carboxylic acids is 1. The molecule has 0 saturated heterocycles. The molecule has 0 aliphatic rings. The Bertz CT molecular complexity index is 515. The summed E-state index contributed by atoms with van der Waals surface area (Å²) in [6, 6.07) is 2.49. The highest BCUT2D eigenvalue weighted by Gasteiger charge is 2.16. The largest absolute Gasteiger partial charge is 0.495 e. The van der Waals surface area contributed by atoms with Crippen molar-refractivity contribution in [2.75, 3.05) is 19.0 Å². The highest BCUT2D eigenvalue weighted by Crippen LogP contribution is 2.31. The Morgan fingerprint density at radius 1 is 1.53 bits per heavy atom. The van der Waals surface area contributed by atoms with Gasteiger partial charge < -0.3 is 14.6 Å². The average Bonchev–Trinajstić information content (AvgIpc) is 2.37. The molecule has 2 N–H and O–H groups in total. The standard InChI is InChI=1S/C12H12ClNO5/c1-3-4-19-12(17)14-9-6-10(18-2)8(13)5-7(9)11(15)16/h3,5-6H,1,4H2,2H3,(H,14,17)(H,15,16). The van der Waals surface area contributed by atoms with Crippen LogP contribution in [0.1, 0.15) is 10.4 Å².